The van der Waals surface area contributed by atoms with E-state index in [0.717, 1.165) is 28.1 Å². The third-order valence-corrected chi connectivity index (χ3v) is 5.69. The quantitative estimate of drug-likeness (QED) is 0.555. The Morgan fingerprint density at radius 2 is 2.00 bits per heavy atom. The molecule has 0 spiro atoms. The number of amides is 1. The molecule has 0 saturated heterocycles. The van der Waals surface area contributed by atoms with Crippen LogP contribution in [0.15, 0.2) is 42.7 Å². The van der Waals surface area contributed by atoms with Crippen molar-refractivity contribution in [2.24, 2.45) is 0 Å². The first-order chi connectivity index (χ1) is 14.4. The molecular weight excluding hydrogens is 400 g/mol. The lowest BCUT2D eigenvalue weighted by Crippen LogP contribution is -2.30. The molecule has 0 saturated carbocycles. The molecule has 0 bridgehead atoms. The number of ether oxygens (including phenoxy) is 1. The number of benzene rings is 1. The molecule has 0 aliphatic carbocycles. The Hall–Kier alpha value is -2.97. The molecule has 7 nitrogen and oxygen atoms in total. The Kier molecular flexibility index (Phi) is 7.02. The van der Waals surface area contributed by atoms with Gasteiger partial charge in [-0.2, -0.15) is 5.10 Å². The number of esters is 1. The molecule has 0 atom stereocenters. The van der Waals surface area contributed by atoms with Crippen LogP contribution in [-0.4, -0.2) is 47.3 Å². The van der Waals surface area contributed by atoms with E-state index in [1.165, 1.54) is 18.4 Å². The van der Waals surface area contributed by atoms with Gasteiger partial charge in [-0.15, -0.1) is 11.3 Å². The number of rotatable bonds is 8. The molecule has 2 aromatic heterocycles. The second-order valence-electron chi connectivity index (χ2n) is 7.02. The Labute approximate surface area is 180 Å². The SMILES string of the molecule is CCn1cc(CN(C)CC(=O)Nc2sc(C)c(-c3ccccc3)c2C(=O)OC)cn1. The van der Waals surface area contributed by atoms with Crippen molar-refractivity contribution in [1.29, 1.82) is 0 Å². The maximum Gasteiger partial charge on any atom is 0.341 e. The van der Waals surface area contributed by atoms with Gasteiger partial charge < -0.3 is 10.1 Å². The standard InChI is InChI=1S/C22H26N4O3S/c1-5-26-13-16(11-23-26)12-25(3)14-18(27)24-21-20(22(28)29-4)19(15(2)30-21)17-9-7-6-8-10-17/h6-11,13H,5,12,14H2,1-4H3,(H,24,27). The number of carbonyl (C=O) groups excluding carboxylic acids is 2. The summed E-state index contributed by atoms with van der Waals surface area (Å²) >= 11 is 1.38. The maximum atomic E-state index is 12.7. The monoisotopic (exact) mass is 426 g/mol. The van der Waals surface area contributed by atoms with E-state index >= 15 is 0 Å². The van der Waals surface area contributed by atoms with Gasteiger partial charge >= 0.3 is 5.97 Å². The summed E-state index contributed by atoms with van der Waals surface area (Å²) in [5.41, 5.74) is 3.15. The van der Waals surface area contributed by atoms with Gasteiger partial charge in [0.25, 0.3) is 0 Å². The molecule has 0 unspecified atom stereocenters. The molecule has 1 aromatic carbocycles. The van der Waals surface area contributed by atoms with Crippen LogP contribution >= 0.6 is 11.3 Å². The molecule has 0 aliphatic heterocycles. The zero-order valence-corrected chi connectivity index (χ0v) is 18.5. The van der Waals surface area contributed by atoms with Crippen molar-refractivity contribution in [3.05, 3.63) is 58.7 Å². The average Bonchev–Trinajstić information content (AvgIpc) is 3.31. The predicted molar refractivity (Wildman–Crippen MR) is 119 cm³/mol. The van der Waals surface area contributed by atoms with E-state index in [2.05, 4.69) is 10.4 Å². The summed E-state index contributed by atoms with van der Waals surface area (Å²) in [7, 11) is 3.22. The van der Waals surface area contributed by atoms with Crippen LogP contribution < -0.4 is 5.32 Å². The van der Waals surface area contributed by atoms with E-state index in [0.29, 0.717) is 17.1 Å². The number of aryl methyl sites for hydroxylation is 2. The van der Waals surface area contributed by atoms with Gasteiger partial charge in [0.05, 0.1) is 19.9 Å². The van der Waals surface area contributed by atoms with Crippen LogP contribution in [0, 0.1) is 6.92 Å². The lowest BCUT2D eigenvalue weighted by Gasteiger charge is -2.15. The molecular formula is C22H26N4O3S. The molecule has 0 radical (unpaired) electrons. The molecule has 0 fully saturated rings. The average molecular weight is 427 g/mol. The van der Waals surface area contributed by atoms with E-state index in [1.54, 1.807) is 0 Å². The van der Waals surface area contributed by atoms with Crippen LogP contribution in [0.4, 0.5) is 5.00 Å². The van der Waals surface area contributed by atoms with Crippen LogP contribution in [0.3, 0.4) is 0 Å². The molecule has 158 valence electrons. The van der Waals surface area contributed by atoms with Crippen LogP contribution in [0.2, 0.25) is 0 Å². The summed E-state index contributed by atoms with van der Waals surface area (Å²) < 4.78 is 6.86. The fraction of sp³-hybridized carbons (Fsp3) is 0.318. The van der Waals surface area contributed by atoms with Gasteiger partial charge in [-0.05, 0) is 26.5 Å². The Bertz CT molecular complexity index is 1030. The van der Waals surface area contributed by atoms with E-state index < -0.39 is 5.97 Å². The molecule has 30 heavy (non-hydrogen) atoms. The molecule has 3 rings (SSSR count). The van der Waals surface area contributed by atoms with Crippen molar-refractivity contribution in [1.82, 2.24) is 14.7 Å². The van der Waals surface area contributed by atoms with E-state index in [4.69, 9.17) is 4.74 Å². The minimum absolute atomic E-state index is 0.189. The number of anilines is 1. The number of nitrogens with zero attached hydrogens (tertiary/aromatic N) is 3. The van der Waals surface area contributed by atoms with Crippen molar-refractivity contribution in [3.8, 4) is 11.1 Å². The Balaban J connectivity index is 1.76. The van der Waals surface area contributed by atoms with Crippen LogP contribution in [-0.2, 0) is 22.6 Å². The van der Waals surface area contributed by atoms with Gasteiger partial charge in [-0.25, -0.2) is 4.79 Å². The minimum atomic E-state index is -0.464. The zero-order chi connectivity index (χ0) is 21.7. The predicted octanol–water partition coefficient (Wildman–Crippen LogP) is 3.80. The summed E-state index contributed by atoms with van der Waals surface area (Å²) in [6.45, 7) is 5.57. The fourth-order valence-electron chi connectivity index (χ4n) is 3.32. The van der Waals surface area contributed by atoms with Crippen molar-refractivity contribution >= 4 is 28.2 Å². The highest BCUT2D eigenvalue weighted by Crippen LogP contribution is 2.40. The first-order valence-corrected chi connectivity index (χ1v) is 10.5. The van der Waals surface area contributed by atoms with Crippen LogP contribution in [0.25, 0.3) is 11.1 Å². The third-order valence-electron chi connectivity index (χ3n) is 4.67. The summed E-state index contributed by atoms with van der Waals surface area (Å²) in [4.78, 5) is 28.1. The number of hydrogen-bond acceptors (Lipinski definition) is 6. The highest BCUT2D eigenvalue weighted by atomic mass is 32.1. The van der Waals surface area contributed by atoms with Gasteiger partial charge in [-0.3, -0.25) is 14.4 Å². The summed E-state index contributed by atoms with van der Waals surface area (Å²) in [5, 5.41) is 7.67. The number of likely N-dealkylation sites (N-methyl/N-ethyl adjacent to an activating group) is 1. The number of methoxy groups -OCH3 is 1. The van der Waals surface area contributed by atoms with Gasteiger partial charge in [-0.1, -0.05) is 30.3 Å². The van der Waals surface area contributed by atoms with Gasteiger partial charge in [0.1, 0.15) is 10.6 Å². The largest absolute Gasteiger partial charge is 0.465 e. The second kappa shape index (κ2) is 9.69. The molecule has 3 aromatic rings. The van der Waals surface area contributed by atoms with Crippen LogP contribution in [0.5, 0.6) is 0 Å². The third kappa shape index (κ3) is 4.95. The second-order valence-corrected chi connectivity index (χ2v) is 8.24. The zero-order valence-electron chi connectivity index (χ0n) is 17.6. The number of nitrogens with one attached hydrogen (secondary N) is 1. The van der Waals surface area contributed by atoms with Gasteiger partial charge in [0.2, 0.25) is 5.91 Å². The van der Waals surface area contributed by atoms with Crippen molar-refractivity contribution in [2.75, 3.05) is 26.0 Å². The Morgan fingerprint density at radius 3 is 2.63 bits per heavy atom. The highest BCUT2D eigenvalue weighted by molar-refractivity contribution is 7.17. The summed E-state index contributed by atoms with van der Waals surface area (Å²) in [5.74, 6) is -0.653. The smallest absolute Gasteiger partial charge is 0.341 e. The normalized spacial score (nSPS) is 11.0. The van der Waals surface area contributed by atoms with E-state index in [9.17, 15) is 9.59 Å². The lowest BCUT2D eigenvalue weighted by molar-refractivity contribution is -0.117. The van der Waals surface area contributed by atoms with E-state index in [-0.39, 0.29) is 12.5 Å². The lowest BCUT2D eigenvalue weighted by atomic mass is 10.0. The summed E-state index contributed by atoms with van der Waals surface area (Å²) in [6, 6.07) is 9.64. The van der Waals surface area contributed by atoms with E-state index in [1.807, 2.05) is 73.2 Å². The van der Waals surface area contributed by atoms with Crippen molar-refractivity contribution in [3.63, 3.8) is 0 Å². The molecule has 0 aliphatic rings. The van der Waals surface area contributed by atoms with Crippen LogP contribution in [0.1, 0.15) is 27.7 Å². The topological polar surface area (TPSA) is 76.5 Å². The first-order valence-electron chi connectivity index (χ1n) is 9.69. The molecule has 8 heteroatoms. The number of hydrogen-bond donors (Lipinski definition) is 1. The number of thiophene rings is 1. The first kappa shape index (κ1) is 21.7. The van der Waals surface area contributed by atoms with Gasteiger partial charge in [0, 0.05) is 35.3 Å². The van der Waals surface area contributed by atoms with Crippen molar-refractivity contribution < 1.29 is 14.3 Å². The highest BCUT2D eigenvalue weighted by Gasteiger charge is 2.25. The molecule has 1 amide bonds. The van der Waals surface area contributed by atoms with Gasteiger partial charge in [0.15, 0.2) is 0 Å². The molecule has 2 heterocycles. The minimum Gasteiger partial charge on any atom is -0.465 e. The fourth-order valence-corrected chi connectivity index (χ4v) is 4.40. The number of aromatic nitrogens is 2. The molecule has 1 N–H and O–H groups in total. The summed E-state index contributed by atoms with van der Waals surface area (Å²) in [6.07, 6.45) is 3.78. The maximum absolute atomic E-state index is 12.7. The number of carbonyl (C=O) groups is 2. The Morgan fingerprint density at radius 1 is 1.27 bits per heavy atom. The van der Waals surface area contributed by atoms with Crippen molar-refractivity contribution in [2.45, 2.75) is 26.9 Å².